The molecule has 1 rings (SSSR count). The van der Waals surface area contributed by atoms with Gasteiger partial charge >= 0.3 is 0 Å². The van der Waals surface area contributed by atoms with Crippen molar-refractivity contribution in [2.75, 3.05) is 0 Å². The Labute approximate surface area is 74.4 Å². The van der Waals surface area contributed by atoms with Crippen LogP contribution >= 0.6 is 0 Å². The smallest absolute Gasteiger partial charge is 0.275 e. The van der Waals surface area contributed by atoms with Gasteiger partial charge in [0.2, 0.25) is 0 Å². The fraction of sp³-hybridized carbons (Fsp3) is 0.250. The van der Waals surface area contributed by atoms with E-state index in [0.717, 1.165) is 6.07 Å². The predicted molar refractivity (Wildman–Crippen MR) is 45.4 cm³/mol. The highest BCUT2D eigenvalue weighted by Crippen LogP contribution is 2.28. The van der Waals surface area contributed by atoms with Crippen molar-refractivity contribution in [1.82, 2.24) is 0 Å². The Bertz CT molecular complexity index is 335. The lowest BCUT2D eigenvalue weighted by Gasteiger charge is -2.05. The van der Waals surface area contributed by atoms with Gasteiger partial charge in [-0.25, -0.2) is 0 Å². The molecule has 0 radical (unpaired) electrons. The largest absolute Gasteiger partial charge is 0.508 e. The quantitative estimate of drug-likeness (QED) is 0.535. The van der Waals surface area contributed by atoms with Crippen LogP contribution in [0.5, 0.6) is 5.75 Å². The summed E-state index contributed by atoms with van der Waals surface area (Å²) in [5, 5.41) is 28.6. The first-order valence-corrected chi connectivity index (χ1v) is 3.67. The number of nitro groups is 1. The predicted octanol–water partition coefficient (Wildman–Crippen LogP) is 1.35. The van der Waals surface area contributed by atoms with E-state index in [0.29, 0.717) is 0 Å². The van der Waals surface area contributed by atoms with Crippen molar-refractivity contribution in [3.05, 3.63) is 33.9 Å². The van der Waals surface area contributed by atoms with E-state index in [9.17, 15) is 10.1 Å². The third kappa shape index (κ3) is 1.94. The molecule has 0 aliphatic rings. The standard InChI is InChI=1S/C8H9NO4/c1-5(10)7-4-6(11)2-3-8(7)9(12)13/h2-5,10-11H,1H3/t5-/m1/s1. The molecule has 0 aromatic heterocycles. The Morgan fingerprint density at radius 2 is 2.15 bits per heavy atom. The van der Waals surface area contributed by atoms with Crippen molar-refractivity contribution >= 4 is 5.69 Å². The summed E-state index contributed by atoms with van der Waals surface area (Å²) >= 11 is 0. The van der Waals surface area contributed by atoms with E-state index in [1.54, 1.807) is 0 Å². The second kappa shape index (κ2) is 3.40. The number of aromatic hydroxyl groups is 1. The number of phenols is 1. The Balaban J connectivity index is 3.26. The van der Waals surface area contributed by atoms with Crippen molar-refractivity contribution in [2.45, 2.75) is 13.0 Å². The van der Waals surface area contributed by atoms with Gasteiger partial charge in [-0.3, -0.25) is 10.1 Å². The molecule has 5 nitrogen and oxygen atoms in total. The van der Waals surface area contributed by atoms with Gasteiger partial charge in [0.1, 0.15) is 5.75 Å². The van der Waals surface area contributed by atoms with Crippen LogP contribution in [0.3, 0.4) is 0 Å². The maximum atomic E-state index is 10.5. The molecule has 0 bridgehead atoms. The number of rotatable bonds is 2. The molecule has 0 heterocycles. The first kappa shape index (κ1) is 9.47. The molecule has 0 aliphatic heterocycles. The molecule has 0 aliphatic carbocycles. The molecule has 1 atom stereocenters. The van der Waals surface area contributed by atoms with Crippen LogP contribution in [-0.4, -0.2) is 15.1 Å². The fourth-order valence-corrected chi connectivity index (χ4v) is 1.04. The Hall–Kier alpha value is -1.62. The lowest BCUT2D eigenvalue weighted by Crippen LogP contribution is -1.98. The highest BCUT2D eigenvalue weighted by molar-refractivity contribution is 5.45. The van der Waals surface area contributed by atoms with Gasteiger partial charge in [-0.05, 0) is 19.1 Å². The highest BCUT2D eigenvalue weighted by Gasteiger charge is 2.17. The summed E-state index contributed by atoms with van der Waals surface area (Å²) in [6.45, 7) is 1.40. The van der Waals surface area contributed by atoms with E-state index in [1.807, 2.05) is 0 Å². The van der Waals surface area contributed by atoms with Crippen molar-refractivity contribution in [2.24, 2.45) is 0 Å². The van der Waals surface area contributed by atoms with Gasteiger partial charge in [0, 0.05) is 6.07 Å². The molecule has 1 aromatic carbocycles. The maximum absolute atomic E-state index is 10.5. The molecule has 0 unspecified atom stereocenters. The van der Waals surface area contributed by atoms with Gasteiger partial charge in [0.25, 0.3) is 5.69 Å². The van der Waals surface area contributed by atoms with Gasteiger partial charge in [0.15, 0.2) is 0 Å². The van der Waals surface area contributed by atoms with E-state index in [1.165, 1.54) is 19.1 Å². The lowest BCUT2D eigenvalue weighted by molar-refractivity contribution is -0.386. The molecule has 0 spiro atoms. The summed E-state index contributed by atoms with van der Waals surface area (Å²) in [6, 6.07) is 3.56. The molecular weight excluding hydrogens is 174 g/mol. The van der Waals surface area contributed by atoms with Crippen LogP contribution < -0.4 is 0 Å². The first-order chi connectivity index (χ1) is 6.02. The third-order valence-electron chi connectivity index (χ3n) is 1.66. The zero-order valence-corrected chi connectivity index (χ0v) is 6.97. The minimum absolute atomic E-state index is 0.0958. The van der Waals surface area contributed by atoms with Gasteiger partial charge in [-0.2, -0.15) is 0 Å². The van der Waals surface area contributed by atoms with Crippen LogP contribution in [-0.2, 0) is 0 Å². The number of aliphatic hydroxyl groups is 1. The minimum Gasteiger partial charge on any atom is -0.508 e. The summed E-state index contributed by atoms with van der Waals surface area (Å²) in [6.07, 6.45) is -0.965. The summed E-state index contributed by atoms with van der Waals surface area (Å²) in [7, 11) is 0. The molecule has 0 saturated carbocycles. The SMILES string of the molecule is C[C@@H](O)c1cc(O)ccc1[N+](=O)[O-]. The topological polar surface area (TPSA) is 83.6 Å². The third-order valence-corrected chi connectivity index (χ3v) is 1.66. The molecule has 13 heavy (non-hydrogen) atoms. The normalized spacial score (nSPS) is 12.5. The molecule has 0 amide bonds. The van der Waals surface area contributed by atoms with E-state index >= 15 is 0 Å². The van der Waals surface area contributed by atoms with Gasteiger partial charge in [0.05, 0.1) is 16.6 Å². The number of aliphatic hydroxyl groups excluding tert-OH is 1. The van der Waals surface area contributed by atoms with Crippen molar-refractivity contribution < 1.29 is 15.1 Å². The molecule has 0 fully saturated rings. The van der Waals surface area contributed by atoms with E-state index < -0.39 is 11.0 Å². The van der Waals surface area contributed by atoms with Gasteiger partial charge < -0.3 is 10.2 Å². The lowest BCUT2D eigenvalue weighted by atomic mass is 10.1. The fourth-order valence-electron chi connectivity index (χ4n) is 1.04. The Morgan fingerprint density at radius 3 is 2.62 bits per heavy atom. The molecule has 2 N–H and O–H groups in total. The first-order valence-electron chi connectivity index (χ1n) is 3.67. The molecule has 0 saturated heterocycles. The number of nitrogens with zero attached hydrogens (tertiary/aromatic N) is 1. The number of benzene rings is 1. The number of hydrogen-bond donors (Lipinski definition) is 2. The molecule has 1 aromatic rings. The summed E-state index contributed by atoms with van der Waals surface area (Å²) in [5.41, 5.74) is -0.0715. The van der Waals surface area contributed by atoms with Crippen molar-refractivity contribution in [1.29, 1.82) is 0 Å². The summed E-state index contributed by atoms with van der Waals surface area (Å²) in [4.78, 5) is 9.85. The monoisotopic (exact) mass is 183 g/mol. The average Bonchev–Trinajstić information content (AvgIpc) is 2.03. The highest BCUT2D eigenvalue weighted by atomic mass is 16.6. The second-order valence-electron chi connectivity index (χ2n) is 2.68. The second-order valence-corrected chi connectivity index (χ2v) is 2.68. The van der Waals surface area contributed by atoms with E-state index in [2.05, 4.69) is 0 Å². The molecule has 70 valence electrons. The molecular formula is C8H9NO4. The number of nitro benzene ring substituents is 1. The minimum atomic E-state index is -0.965. The maximum Gasteiger partial charge on any atom is 0.275 e. The van der Waals surface area contributed by atoms with Crippen LogP contribution in [0.4, 0.5) is 5.69 Å². The van der Waals surface area contributed by atoms with E-state index in [-0.39, 0.29) is 17.0 Å². The average molecular weight is 183 g/mol. The van der Waals surface area contributed by atoms with Crippen LogP contribution in [0.2, 0.25) is 0 Å². The van der Waals surface area contributed by atoms with Crippen molar-refractivity contribution in [3.63, 3.8) is 0 Å². The van der Waals surface area contributed by atoms with Gasteiger partial charge in [-0.15, -0.1) is 0 Å². The Morgan fingerprint density at radius 1 is 1.54 bits per heavy atom. The number of phenolic OH excluding ortho intramolecular Hbond substituents is 1. The van der Waals surface area contributed by atoms with Crippen LogP contribution in [0.25, 0.3) is 0 Å². The van der Waals surface area contributed by atoms with Crippen LogP contribution in [0, 0.1) is 10.1 Å². The van der Waals surface area contributed by atoms with Crippen LogP contribution in [0.15, 0.2) is 18.2 Å². The van der Waals surface area contributed by atoms with E-state index in [4.69, 9.17) is 10.2 Å². The van der Waals surface area contributed by atoms with Gasteiger partial charge in [-0.1, -0.05) is 0 Å². The van der Waals surface area contributed by atoms with Crippen LogP contribution in [0.1, 0.15) is 18.6 Å². The zero-order chi connectivity index (χ0) is 10.0. The summed E-state index contributed by atoms with van der Waals surface area (Å²) < 4.78 is 0. The Kier molecular flexibility index (Phi) is 2.48. The van der Waals surface area contributed by atoms with Crippen molar-refractivity contribution in [3.8, 4) is 5.75 Å². The summed E-state index contributed by atoms with van der Waals surface area (Å²) in [5.74, 6) is -0.0958. The zero-order valence-electron chi connectivity index (χ0n) is 6.97. The molecule has 5 heteroatoms. The number of hydrogen-bond acceptors (Lipinski definition) is 4.